The van der Waals surface area contributed by atoms with Crippen LogP contribution in [0, 0.1) is 17.0 Å². The van der Waals surface area contributed by atoms with E-state index < -0.39 is 4.92 Å². The van der Waals surface area contributed by atoms with Crippen molar-refractivity contribution in [1.29, 1.82) is 0 Å². The van der Waals surface area contributed by atoms with Gasteiger partial charge in [0.2, 0.25) is 0 Å². The maximum atomic E-state index is 12.8. The van der Waals surface area contributed by atoms with Gasteiger partial charge in [-0.2, -0.15) is 0 Å². The molecular formula is C20H19N3O3S. The number of nitrogens with zero attached hydrogens (tertiary/aromatic N) is 3. The van der Waals surface area contributed by atoms with E-state index in [0.717, 1.165) is 23.2 Å². The second kappa shape index (κ2) is 8.18. The number of amides is 1. The van der Waals surface area contributed by atoms with Gasteiger partial charge in [0, 0.05) is 18.7 Å². The van der Waals surface area contributed by atoms with Crippen LogP contribution in [0.1, 0.15) is 24.5 Å². The molecule has 0 radical (unpaired) electrons. The van der Waals surface area contributed by atoms with Crippen LogP contribution in [-0.4, -0.2) is 27.4 Å². The van der Waals surface area contributed by atoms with Crippen molar-refractivity contribution in [2.24, 2.45) is 4.99 Å². The molecule has 7 heteroatoms. The number of carbonyl (C=O) groups excluding carboxylic acids is 1. The molecule has 1 fully saturated rings. The Balaban J connectivity index is 1.90. The van der Waals surface area contributed by atoms with Gasteiger partial charge < -0.3 is 0 Å². The molecule has 0 aromatic heterocycles. The summed E-state index contributed by atoms with van der Waals surface area (Å²) in [5.41, 5.74) is 2.72. The summed E-state index contributed by atoms with van der Waals surface area (Å²) in [6.45, 7) is 4.62. The number of thioether (sulfide) groups is 1. The molecular weight excluding hydrogens is 362 g/mol. The van der Waals surface area contributed by atoms with E-state index in [1.165, 1.54) is 23.9 Å². The van der Waals surface area contributed by atoms with Crippen molar-refractivity contribution < 1.29 is 9.72 Å². The number of nitro groups is 1. The molecule has 6 nitrogen and oxygen atoms in total. The number of non-ortho nitro benzene ring substituents is 1. The smallest absolute Gasteiger partial charge is 0.269 e. The average molecular weight is 381 g/mol. The average Bonchev–Trinajstić information content (AvgIpc) is 2.93. The third-order valence-corrected chi connectivity index (χ3v) is 5.00. The van der Waals surface area contributed by atoms with Crippen LogP contribution in [-0.2, 0) is 4.79 Å². The topological polar surface area (TPSA) is 75.8 Å². The standard InChI is InChI=1S/C20H19N3O3S/c1-3-12-22-19(24)18(13-15-6-10-17(11-7-15)23(25)26)27-20(22)21-16-8-4-14(2)5-9-16/h4-11,13H,3,12H2,1-2H3/b18-13+,21-20?. The highest BCUT2D eigenvalue weighted by Crippen LogP contribution is 2.34. The molecule has 0 unspecified atom stereocenters. The number of amidine groups is 1. The lowest BCUT2D eigenvalue weighted by Crippen LogP contribution is -2.29. The van der Waals surface area contributed by atoms with Crippen molar-refractivity contribution in [3.8, 4) is 0 Å². The van der Waals surface area contributed by atoms with Gasteiger partial charge in [-0.1, -0.05) is 24.6 Å². The Labute approximate surface area is 161 Å². The van der Waals surface area contributed by atoms with Crippen LogP contribution >= 0.6 is 11.8 Å². The van der Waals surface area contributed by atoms with Gasteiger partial charge in [0.15, 0.2) is 5.17 Å². The lowest BCUT2D eigenvalue weighted by atomic mass is 10.2. The summed E-state index contributed by atoms with van der Waals surface area (Å²) in [5, 5.41) is 11.4. The van der Waals surface area contributed by atoms with E-state index in [0.29, 0.717) is 16.6 Å². The van der Waals surface area contributed by atoms with Crippen molar-refractivity contribution in [3.63, 3.8) is 0 Å². The van der Waals surface area contributed by atoms with Gasteiger partial charge in [-0.25, -0.2) is 4.99 Å². The Morgan fingerprint density at radius 3 is 2.41 bits per heavy atom. The number of carbonyl (C=O) groups is 1. The fourth-order valence-corrected chi connectivity index (χ4v) is 3.61. The zero-order chi connectivity index (χ0) is 19.4. The first-order chi connectivity index (χ1) is 13.0. The highest BCUT2D eigenvalue weighted by molar-refractivity contribution is 8.18. The van der Waals surface area contributed by atoms with Gasteiger partial charge in [0.1, 0.15) is 0 Å². The van der Waals surface area contributed by atoms with Crippen LogP contribution in [0.4, 0.5) is 11.4 Å². The Hall–Kier alpha value is -2.93. The molecule has 1 aliphatic rings. The van der Waals surface area contributed by atoms with E-state index >= 15 is 0 Å². The molecule has 0 atom stereocenters. The van der Waals surface area contributed by atoms with Crippen LogP contribution in [0.5, 0.6) is 0 Å². The molecule has 138 valence electrons. The molecule has 0 spiro atoms. The Morgan fingerprint density at radius 1 is 1.15 bits per heavy atom. The number of hydrogen-bond donors (Lipinski definition) is 0. The van der Waals surface area contributed by atoms with E-state index in [1.54, 1.807) is 23.1 Å². The number of benzene rings is 2. The number of nitro benzene ring substituents is 1. The second-order valence-electron chi connectivity index (χ2n) is 6.15. The summed E-state index contributed by atoms with van der Waals surface area (Å²) in [7, 11) is 0. The summed E-state index contributed by atoms with van der Waals surface area (Å²) in [6, 6.07) is 14.0. The van der Waals surface area contributed by atoms with E-state index in [2.05, 4.69) is 4.99 Å². The molecule has 0 saturated carbocycles. The molecule has 2 aromatic carbocycles. The van der Waals surface area contributed by atoms with Crippen molar-refractivity contribution >= 4 is 40.3 Å². The monoisotopic (exact) mass is 381 g/mol. The first-order valence-electron chi connectivity index (χ1n) is 8.59. The predicted molar refractivity (Wildman–Crippen MR) is 109 cm³/mol. The van der Waals surface area contributed by atoms with Crippen molar-refractivity contribution in [2.75, 3.05) is 6.54 Å². The molecule has 1 saturated heterocycles. The fraction of sp³-hybridized carbons (Fsp3) is 0.200. The lowest BCUT2D eigenvalue weighted by molar-refractivity contribution is -0.384. The summed E-state index contributed by atoms with van der Waals surface area (Å²) >= 11 is 1.32. The summed E-state index contributed by atoms with van der Waals surface area (Å²) in [6.07, 6.45) is 2.57. The molecule has 0 bridgehead atoms. The van der Waals surface area contributed by atoms with Gasteiger partial charge >= 0.3 is 0 Å². The number of aliphatic imine (C=N–C) groups is 1. The molecule has 0 N–H and O–H groups in total. The first kappa shape index (κ1) is 18.8. The largest absolute Gasteiger partial charge is 0.286 e. The van der Waals surface area contributed by atoms with Crippen molar-refractivity contribution in [1.82, 2.24) is 4.90 Å². The summed E-state index contributed by atoms with van der Waals surface area (Å²) in [5.74, 6) is -0.0916. The van der Waals surface area contributed by atoms with Crippen LogP contribution in [0.25, 0.3) is 6.08 Å². The number of rotatable bonds is 5. The van der Waals surface area contributed by atoms with Gasteiger partial charge in [0.25, 0.3) is 11.6 Å². The van der Waals surface area contributed by atoms with Crippen LogP contribution in [0.3, 0.4) is 0 Å². The summed E-state index contributed by atoms with van der Waals surface area (Å²) in [4.78, 5) is 30.0. The van der Waals surface area contributed by atoms with Crippen LogP contribution < -0.4 is 0 Å². The van der Waals surface area contributed by atoms with Crippen molar-refractivity contribution in [3.05, 3.63) is 74.7 Å². The third kappa shape index (κ3) is 4.43. The highest BCUT2D eigenvalue weighted by Gasteiger charge is 2.32. The SMILES string of the molecule is CCCN1C(=O)/C(=C\c2ccc([N+](=O)[O-])cc2)SC1=Nc1ccc(C)cc1. The highest BCUT2D eigenvalue weighted by atomic mass is 32.2. The molecule has 1 amide bonds. The molecule has 2 aromatic rings. The Bertz CT molecular complexity index is 918. The normalized spacial score (nSPS) is 17.1. The minimum Gasteiger partial charge on any atom is -0.286 e. The molecule has 27 heavy (non-hydrogen) atoms. The summed E-state index contributed by atoms with van der Waals surface area (Å²) < 4.78 is 0. The Kier molecular flexibility index (Phi) is 5.71. The van der Waals surface area contributed by atoms with Gasteiger partial charge in [-0.15, -0.1) is 0 Å². The molecule has 0 aliphatic carbocycles. The third-order valence-electron chi connectivity index (χ3n) is 4.00. The maximum Gasteiger partial charge on any atom is 0.269 e. The predicted octanol–water partition coefficient (Wildman–Crippen LogP) is 4.92. The van der Waals surface area contributed by atoms with Gasteiger partial charge in [-0.3, -0.25) is 19.8 Å². The van der Waals surface area contributed by atoms with E-state index in [1.807, 2.05) is 38.1 Å². The van der Waals surface area contributed by atoms with Gasteiger partial charge in [0.05, 0.1) is 15.5 Å². The zero-order valence-corrected chi connectivity index (χ0v) is 15.9. The first-order valence-corrected chi connectivity index (χ1v) is 9.41. The van der Waals surface area contributed by atoms with E-state index in [9.17, 15) is 14.9 Å². The van der Waals surface area contributed by atoms with E-state index in [-0.39, 0.29) is 11.6 Å². The van der Waals surface area contributed by atoms with Crippen LogP contribution in [0.2, 0.25) is 0 Å². The van der Waals surface area contributed by atoms with Crippen molar-refractivity contribution in [2.45, 2.75) is 20.3 Å². The van der Waals surface area contributed by atoms with Gasteiger partial charge in [-0.05, 0) is 61.0 Å². The van der Waals surface area contributed by atoms with Crippen LogP contribution in [0.15, 0.2) is 58.4 Å². The number of hydrogen-bond acceptors (Lipinski definition) is 5. The minimum atomic E-state index is -0.443. The number of aryl methyl sites for hydroxylation is 1. The Morgan fingerprint density at radius 2 is 1.81 bits per heavy atom. The zero-order valence-electron chi connectivity index (χ0n) is 15.1. The fourth-order valence-electron chi connectivity index (χ4n) is 2.59. The molecule has 3 rings (SSSR count). The lowest BCUT2D eigenvalue weighted by Gasteiger charge is -2.13. The van der Waals surface area contributed by atoms with E-state index in [4.69, 9.17) is 0 Å². The quantitative estimate of drug-likeness (QED) is 0.419. The molecule has 1 aliphatic heterocycles. The maximum absolute atomic E-state index is 12.8. The molecule has 1 heterocycles. The minimum absolute atomic E-state index is 0.0248. The second-order valence-corrected chi connectivity index (χ2v) is 7.16.